The molecule has 10 nitrogen and oxygen atoms in total. The van der Waals surface area contributed by atoms with Crippen molar-refractivity contribution in [3.63, 3.8) is 0 Å². The second-order valence-electron chi connectivity index (χ2n) is 8.35. The Morgan fingerprint density at radius 3 is 2.52 bits per heavy atom. The Hall–Kier alpha value is -3.04. The van der Waals surface area contributed by atoms with Crippen LogP contribution in [0.3, 0.4) is 0 Å². The van der Waals surface area contributed by atoms with Gasteiger partial charge < -0.3 is 15.4 Å². The summed E-state index contributed by atoms with van der Waals surface area (Å²) < 4.78 is 8.86. The van der Waals surface area contributed by atoms with Crippen molar-refractivity contribution in [1.82, 2.24) is 24.6 Å². The Bertz CT molecular complexity index is 909. The molecule has 2 aromatic heterocycles. The molecule has 0 bridgehead atoms. The molecule has 0 atom stereocenters. The number of amides is 2. The van der Waals surface area contributed by atoms with E-state index in [9.17, 15) is 9.59 Å². The molecule has 2 amide bonds. The van der Waals surface area contributed by atoms with Gasteiger partial charge >= 0.3 is 6.09 Å². The molecule has 10 heteroatoms. The van der Waals surface area contributed by atoms with Crippen LogP contribution in [0.2, 0.25) is 0 Å². The fraction of sp³-hybridized carbons (Fsp3) is 0.619. The molecule has 31 heavy (non-hydrogen) atoms. The Morgan fingerprint density at radius 2 is 1.90 bits per heavy atom. The van der Waals surface area contributed by atoms with Gasteiger partial charge in [0.2, 0.25) is 5.95 Å². The molecule has 0 radical (unpaired) electrons. The van der Waals surface area contributed by atoms with E-state index < -0.39 is 11.7 Å². The molecule has 0 spiro atoms. The van der Waals surface area contributed by atoms with Gasteiger partial charge in [0.25, 0.3) is 5.91 Å². The Kier molecular flexibility index (Phi) is 8.07. The van der Waals surface area contributed by atoms with Crippen LogP contribution in [-0.4, -0.2) is 50.5 Å². The lowest BCUT2D eigenvalue weighted by molar-refractivity contribution is 0.0526. The van der Waals surface area contributed by atoms with Crippen LogP contribution in [0.5, 0.6) is 0 Å². The standard InChI is InChI=1S/C21H35N7O3/c1-8-28-16(13-14(2)26-28)18(29)25-19-24-15(3)17(22-7)27(19)12-10-9-11-23-20(30)31-21(4,5)6/h13,22H,8-12H2,1-7H3,(H,23,30)(H,24,25,29). The first-order chi connectivity index (χ1) is 14.6. The second-order valence-corrected chi connectivity index (χ2v) is 8.35. The van der Waals surface area contributed by atoms with Crippen molar-refractivity contribution in [2.24, 2.45) is 0 Å². The number of hydrogen-bond acceptors (Lipinski definition) is 6. The third kappa shape index (κ3) is 6.73. The number of carbonyl (C=O) groups is 2. The molecular weight excluding hydrogens is 398 g/mol. The maximum atomic E-state index is 12.8. The minimum absolute atomic E-state index is 0.247. The molecule has 3 N–H and O–H groups in total. The highest BCUT2D eigenvalue weighted by Gasteiger charge is 2.19. The van der Waals surface area contributed by atoms with E-state index in [2.05, 4.69) is 26.0 Å². The smallest absolute Gasteiger partial charge is 0.407 e. The fourth-order valence-electron chi connectivity index (χ4n) is 3.24. The average molecular weight is 434 g/mol. The summed E-state index contributed by atoms with van der Waals surface area (Å²) in [5.41, 5.74) is 1.57. The maximum absolute atomic E-state index is 12.8. The van der Waals surface area contributed by atoms with E-state index in [4.69, 9.17) is 4.74 Å². The lowest BCUT2D eigenvalue weighted by atomic mass is 10.2. The molecule has 0 aliphatic rings. The molecule has 0 aliphatic heterocycles. The van der Waals surface area contributed by atoms with Gasteiger partial charge in [-0.25, -0.2) is 9.78 Å². The largest absolute Gasteiger partial charge is 0.444 e. The van der Waals surface area contributed by atoms with Crippen LogP contribution in [0.25, 0.3) is 0 Å². The highest BCUT2D eigenvalue weighted by atomic mass is 16.6. The van der Waals surface area contributed by atoms with E-state index in [1.807, 2.05) is 53.2 Å². The Morgan fingerprint density at radius 1 is 1.19 bits per heavy atom. The number of imidazole rings is 1. The number of unbranched alkanes of at least 4 members (excludes halogenated alkanes) is 1. The number of alkyl carbamates (subject to hydrolysis) is 1. The minimum atomic E-state index is -0.515. The minimum Gasteiger partial charge on any atom is -0.444 e. The zero-order valence-electron chi connectivity index (χ0n) is 19.6. The molecule has 0 fully saturated rings. The van der Waals surface area contributed by atoms with Crippen LogP contribution in [0, 0.1) is 13.8 Å². The number of aromatic nitrogens is 4. The van der Waals surface area contributed by atoms with Crippen molar-refractivity contribution in [3.05, 3.63) is 23.1 Å². The Balaban J connectivity index is 2.00. The van der Waals surface area contributed by atoms with E-state index in [-0.39, 0.29) is 5.91 Å². The molecule has 2 aromatic rings. The highest BCUT2D eigenvalue weighted by molar-refractivity contribution is 6.02. The van der Waals surface area contributed by atoms with Crippen LogP contribution < -0.4 is 16.0 Å². The first kappa shape index (κ1) is 24.2. The molecule has 0 saturated carbocycles. The first-order valence-corrected chi connectivity index (χ1v) is 10.6. The number of aryl methyl sites for hydroxylation is 3. The van der Waals surface area contributed by atoms with Gasteiger partial charge in [0, 0.05) is 26.7 Å². The van der Waals surface area contributed by atoms with Crippen LogP contribution >= 0.6 is 0 Å². The molecule has 0 aromatic carbocycles. The van der Waals surface area contributed by atoms with E-state index in [1.165, 1.54) is 0 Å². The van der Waals surface area contributed by atoms with Gasteiger partial charge in [-0.3, -0.25) is 19.4 Å². The Labute approximate surface area is 183 Å². The molecule has 0 saturated heterocycles. The fourth-order valence-corrected chi connectivity index (χ4v) is 3.24. The summed E-state index contributed by atoms with van der Waals surface area (Å²) in [5.74, 6) is 1.08. The van der Waals surface area contributed by atoms with Crippen LogP contribution in [0.4, 0.5) is 16.6 Å². The maximum Gasteiger partial charge on any atom is 0.407 e. The van der Waals surface area contributed by atoms with Gasteiger partial charge in [0.1, 0.15) is 17.1 Å². The van der Waals surface area contributed by atoms with Gasteiger partial charge in [0.05, 0.1) is 11.4 Å². The summed E-state index contributed by atoms with van der Waals surface area (Å²) in [6.45, 7) is 12.9. The first-order valence-electron chi connectivity index (χ1n) is 10.6. The van der Waals surface area contributed by atoms with Crippen molar-refractivity contribution in [2.45, 2.75) is 73.1 Å². The van der Waals surface area contributed by atoms with Crippen molar-refractivity contribution in [3.8, 4) is 0 Å². The number of hydrogen-bond donors (Lipinski definition) is 3. The topological polar surface area (TPSA) is 115 Å². The zero-order chi connectivity index (χ0) is 23.2. The third-order valence-electron chi connectivity index (χ3n) is 4.52. The number of carbonyl (C=O) groups excluding carboxylic acids is 2. The third-order valence-corrected chi connectivity index (χ3v) is 4.52. The number of nitrogens with one attached hydrogen (secondary N) is 3. The van der Waals surface area contributed by atoms with Gasteiger partial charge in [0.15, 0.2) is 0 Å². The number of rotatable bonds is 9. The summed E-state index contributed by atoms with van der Waals surface area (Å²) in [6, 6.07) is 1.76. The van der Waals surface area contributed by atoms with Crippen molar-refractivity contribution >= 4 is 23.8 Å². The predicted octanol–water partition coefficient (Wildman–Crippen LogP) is 3.32. The van der Waals surface area contributed by atoms with Gasteiger partial charge in [-0.2, -0.15) is 5.10 Å². The van der Waals surface area contributed by atoms with Crippen LogP contribution in [0.15, 0.2) is 6.07 Å². The van der Waals surface area contributed by atoms with Crippen LogP contribution in [-0.2, 0) is 17.8 Å². The van der Waals surface area contributed by atoms with Crippen molar-refractivity contribution < 1.29 is 14.3 Å². The van der Waals surface area contributed by atoms with Crippen molar-refractivity contribution in [2.75, 3.05) is 24.2 Å². The predicted molar refractivity (Wildman–Crippen MR) is 121 cm³/mol. The zero-order valence-corrected chi connectivity index (χ0v) is 19.6. The van der Waals surface area contributed by atoms with Crippen LogP contribution in [0.1, 0.15) is 62.4 Å². The van der Waals surface area contributed by atoms with E-state index in [1.54, 1.807) is 10.7 Å². The number of anilines is 2. The number of nitrogens with zero attached hydrogens (tertiary/aromatic N) is 4. The van der Waals surface area contributed by atoms with Gasteiger partial charge in [-0.1, -0.05) is 0 Å². The molecule has 2 heterocycles. The summed E-state index contributed by atoms with van der Waals surface area (Å²) >= 11 is 0. The van der Waals surface area contributed by atoms with Gasteiger partial charge in [-0.05, 0) is 60.5 Å². The van der Waals surface area contributed by atoms with E-state index >= 15 is 0 Å². The SMILES string of the molecule is CCn1nc(C)cc1C(=O)Nc1nc(C)c(NC)n1CCCCNC(=O)OC(C)(C)C. The molecule has 0 unspecified atom stereocenters. The van der Waals surface area contributed by atoms with Gasteiger partial charge in [-0.15, -0.1) is 0 Å². The van der Waals surface area contributed by atoms with Crippen molar-refractivity contribution in [1.29, 1.82) is 0 Å². The van der Waals surface area contributed by atoms with E-state index in [0.717, 1.165) is 30.0 Å². The number of ether oxygens (including phenoxy) is 1. The molecule has 0 aliphatic carbocycles. The summed E-state index contributed by atoms with van der Waals surface area (Å²) in [5, 5.41) is 13.2. The lowest BCUT2D eigenvalue weighted by Gasteiger charge is -2.19. The molecular formula is C21H35N7O3. The second kappa shape index (κ2) is 10.3. The van der Waals surface area contributed by atoms with E-state index in [0.29, 0.717) is 31.3 Å². The summed E-state index contributed by atoms with van der Waals surface area (Å²) in [7, 11) is 1.83. The quantitative estimate of drug-likeness (QED) is 0.523. The summed E-state index contributed by atoms with van der Waals surface area (Å²) in [4.78, 5) is 29.1. The molecule has 172 valence electrons. The monoisotopic (exact) mass is 433 g/mol. The lowest BCUT2D eigenvalue weighted by Crippen LogP contribution is -2.33. The highest BCUT2D eigenvalue weighted by Crippen LogP contribution is 2.22. The summed E-state index contributed by atoms with van der Waals surface area (Å²) in [6.07, 6.45) is 1.13. The molecule has 2 rings (SSSR count). The average Bonchev–Trinajstić information content (AvgIpc) is 3.19. The normalized spacial score (nSPS) is 11.3.